The molecule has 0 saturated carbocycles. The molecule has 4 atom stereocenters. The number of carbonyl (C=O) groups excluding carboxylic acids is 1. The summed E-state index contributed by atoms with van der Waals surface area (Å²) in [5.74, 6) is -0.714. The van der Waals surface area contributed by atoms with Gasteiger partial charge in [0.15, 0.2) is 6.23 Å². The van der Waals surface area contributed by atoms with E-state index in [1.165, 1.54) is 7.11 Å². The molecule has 0 aliphatic carbocycles. The number of phosphoric ester groups is 1. The number of esters is 1. The van der Waals surface area contributed by atoms with Crippen LogP contribution in [0.5, 0.6) is 0 Å². The number of rotatable bonds is 7. The van der Waals surface area contributed by atoms with E-state index in [2.05, 4.69) is 9.26 Å². The number of nitrogens with one attached hydrogen (secondary N) is 1. The van der Waals surface area contributed by atoms with Crippen molar-refractivity contribution in [1.29, 1.82) is 0 Å². The number of phosphoric acid groups is 1. The molecule has 1 fully saturated rings. The van der Waals surface area contributed by atoms with Crippen molar-refractivity contribution in [2.24, 2.45) is 0 Å². The molecular weight excluding hydrogens is 391 g/mol. The van der Waals surface area contributed by atoms with E-state index in [9.17, 15) is 24.1 Å². The van der Waals surface area contributed by atoms with Crippen LogP contribution in [0.1, 0.15) is 11.8 Å². The second kappa shape index (κ2) is 8.44. The number of carbonyl (C=O) groups is 1. The van der Waals surface area contributed by atoms with E-state index in [1.54, 1.807) is 0 Å². The average molecular weight is 410 g/mol. The summed E-state index contributed by atoms with van der Waals surface area (Å²) >= 11 is 0. The van der Waals surface area contributed by atoms with Gasteiger partial charge in [-0.15, -0.1) is 0 Å². The van der Waals surface area contributed by atoms with Crippen molar-refractivity contribution < 1.29 is 43.0 Å². The van der Waals surface area contributed by atoms with Crippen molar-refractivity contribution in [2.75, 3.05) is 20.8 Å². The summed E-state index contributed by atoms with van der Waals surface area (Å²) in [6, 6.07) is 0. The van der Waals surface area contributed by atoms with Crippen LogP contribution < -0.4 is 11.2 Å². The second-order valence-corrected chi connectivity index (χ2v) is 6.86. The number of methoxy groups -OCH3 is 2. The van der Waals surface area contributed by atoms with E-state index in [4.69, 9.17) is 19.3 Å². The van der Waals surface area contributed by atoms with Crippen LogP contribution in [-0.4, -0.2) is 69.6 Å². The highest BCUT2D eigenvalue weighted by Crippen LogP contribution is 2.38. The lowest BCUT2D eigenvalue weighted by atomic mass is 10.1. The van der Waals surface area contributed by atoms with E-state index >= 15 is 0 Å². The predicted molar refractivity (Wildman–Crippen MR) is 85.8 cm³/mol. The zero-order valence-corrected chi connectivity index (χ0v) is 15.2. The van der Waals surface area contributed by atoms with Gasteiger partial charge in [-0.25, -0.2) is 9.36 Å². The van der Waals surface area contributed by atoms with Crippen molar-refractivity contribution in [3.63, 3.8) is 0 Å². The van der Waals surface area contributed by atoms with Crippen molar-refractivity contribution in [3.05, 3.63) is 32.6 Å². The highest BCUT2D eigenvalue weighted by Gasteiger charge is 2.46. The fraction of sp³-hybridized carbons (Fsp3) is 0.615. The van der Waals surface area contributed by atoms with Crippen LogP contribution in [0.2, 0.25) is 0 Å². The van der Waals surface area contributed by atoms with Gasteiger partial charge < -0.3 is 29.1 Å². The highest BCUT2D eigenvalue weighted by molar-refractivity contribution is 7.46. The first-order valence-electron chi connectivity index (χ1n) is 7.55. The highest BCUT2D eigenvalue weighted by atomic mass is 31.2. The van der Waals surface area contributed by atoms with Crippen LogP contribution in [0.3, 0.4) is 0 Å². The van der Waals surface area contributed by atoms with Gasteiger partial charge in [-0.05, 0) is 0 Å². The number of hydrogen-bond donors (Lipinski definition) is 4. The fourth-order valence-electron chi connectivity index (χ4n) is 2.58. The molecule has 1 aliphatic heterocycles. The molecule has 0 aromatic carbocycles. The van der Waals surface area contributed by atoms with Gasteiger partial charge >= 0.3 is 19.5 Å². The van der Waals surface area contributed by atoms with Crippen molar-refractivity contribution >= 4 is 13.8 Å². The van der Waals surface area contributed by atoms with E-state index in [-0.39, 0.29) is 5.56 Å². The summed E-state index contributed by atoms with van der Waals surface area (Å²) in [4.78, 5) is 55.0. The molecule has 1 saturated heterocycles. The summed E-state index contributed by atoms with van der Waals surface area (Å²) < 4.78 is 31.1. The van der Waals surface area contributed by atoms with E-state index in [0.717, 1.165) is 17.9 Å². The van der Waals surface area contributed by atoms with Crippen molar-refractivity contribution in [2.45, 2.75) is 31.0 Å². The minimum absolute atomic E-state index is 0.0932. The Labute approximate surface area is 151 Å². The molecule has 1 aromatic heterocycles. The van der Waals surface area contributed by atoms with Crippen molar-refractivity contribution in [1.82, 2.24) is 9.55 Å². The Morgan fingerprint density at radius 1 is 1.37 bits per heavy atom. The maximum Gasteiger partial charge on any atom is 0.469 e. The first-order valence-corrected chi connectivity index (χ1v) is 9.08. The van der Waals surface area contributed by atoms with E-state index in [0.29, 0.717) is 0 Å². The standard InChI is InChI=1S/C13H19N2O11P/c1-23-8(16)3-6-4-15(13(19)14-11(6)18)12-10(24-2)9(17)7(26-12)5-25-27(20,21)22/h4,7,9-10,12,17H,3,5H2,1-2H3,(H,14,18,19)(H2,20,21,22)/t7-,9-,10-,12-/m1/s1. The monoisotopic (exact) mass is 410 g/mol. The Bertz CT molecular complexity index is 843. The van der Waals surface area contributed by atoms with Crippen LogP contribution in [0, 0.1) is 0 Å². The molecule has 152 valence electrons. The van der Waals surface area contributed by atoms with Crippen LogP contribution >= 0.6 is 7.82 Å². The Hall–Kier alpha value is -1.86. The number of aliphatic hydroxyl groups is 1. The Morgan fingerprint density at radius 3 is 2.59 bits per heavy atom. The molecular formula is C13H19N2O11P. The molecule has 2 heterocycles. The lowest BCUT2D eigenvalue weighted by Gasteiger charge is -2.20. The quantitative estimate of drug-likeness (QED) is 0.278. The summed E-state index contributed by atoms with van der Waals surface area (Å²) in [6.07, 6.45) is -4.34. The van der Waals surface area contributed by atoms with Crippen LogP contribution in [0.4, 0.5) is 0 Å². The van der Waals surface area contributed by atoms with Crippen LogP contribution in [0.15, 0.2) is 15.8 Å². The third-order valence-electron chi connectivity index (χ3n) is 3.87. The lowest BCUT2D eigenvalue weighted by Crippen LogP contribution is -2.40. The molecule has 13 nitrogen and oxygen atoms in total. The van der Waals surface area contributed by atoms with Gasteiger partial charge in [0, 0.05) is 18.9 Å². The number of aromatic amines is 1. The number of nitrogens with zero attached hydrogens (tertiary/aromatic N) is 1. The number of hydrogen-bond acceptors (Lipinski definition) is 9. The van der Waals surface area contributed by atoms with Crippen molar-refractivity contribution in [3.8, 4) is 0 Å². The Balaban J connectivity index is 2.33. The summed E-state index contributed by atoms with van der Waals surface area (Å²) in [7, 11) is -2.45. The fourth-order valence-corrected chi connectivity index (χ4v) is 2.92. The molecule has 27 heavy (non-hydrogen) atoms. The summed E-state index contributed by atoms with van der Waals surface area (Å²) in [6.45, 7) is -0.672. The van der Waals surface area contributed by atoms with Gasteiger partial charge in [0.05, 0.1) is 20.1 Å². The molecule has 0 bridgehead atoms. The third kappa shape index (κ3) is 5.11. The number of aromatic nitrogens is 2. The SMILES string of the molecule is COC(=O)Cc1cn([C@@H]2O[C@H](COP(=O)(O)O)[C@@H](O)[C@H]2OC)c(=O)[nH]c1=O. The number of H-pyrrole nitrogens is 1. The van der Waals surface area contributed by atoms with E-state index in [1.807, 2.05) is 4.98 Å². The second-order valence-electron chi connectivity index (χ2n) is 5.62. The molecule has 0 spiro atoms. The van der Waals surface area contributed by atoms with Crippen LogP contribution in [-0.2, 0) is 34.5 Å². The molecule has 0 unspecified atom stereocenters. The first kappa shape index (κ1) is 21.4. The molecule has 0 amide bonds. The summed E-state index contributed by atoms with van der Waals surface area (Å²) in [5, 5.41) is 10.2. The van der Waals surface area contributed by atoms with E-state index < -0.39 is 62.6 Å². The minimum atomic E-state index is -4.81. The van der Waals surface area contributed by atoms with Gasteiger partial charge in [0.2, 0.25) is 0 Å². The zero-order chi connectivity index (χ0) is 20.4. The van der Waals surface area contributed by atoms with Gasteiger partial charge in [-0.1, -0.05) is 0 Å². The molecule has 1 aromatic rings. The summed E-state index contributed by atoms with van der Waals surface area (Å²) in [5.41, 5.74) is -1.79. The van der Waals surface area contributed by atoms with Gasteiger partial charge in [-0.3, -0.25) is 23.7 Å². The Morgan fingerprint density at radius 2 is 2.04 bits per heavy atom. The third-order valence-corrected chi connectivity index (χ3v) is 4.36. The molecule has 4 N–H and O–H groups in total. The lowest BCUT2D eigenvalue weighted by molar-refractivity contribution is -0.139. The molecule has 0 radical (unpaired) electrons. The molecule has 2 rings (SSSR count). The normalized spacial score (nSPS) is 25.5. The largest absolute Gasteiger partial charge is 0.469 e. The van der Waals surface area contributed by atoms with Gasteiger partial charge in [0.1, 0.15) is 18.3 Å². The average Bonchev–Trinajstić information content (AvgIpc) is 2.90. The first-order chi connectivity index (χ1) is 12.6. The minimum Gasteiger partial charge on any atom is -0.469 e. The molecule has 1 aliphatic rings. The zero-order valence-electron chi connectivity index (χ0n) is 14.3. The molecule has 14 heteroatoms. The smallest absolute Gasteiger partial charge is 0.469 e. The topological polar surface area (TPSA) is 187 Å². The van der Waals surface area contributed by atoms with Crippen LogP contribution in [0.25, 0.3) is 0 Å². The van der Waals surface area contributed by atoms with Gasteiger partial charge in [-0.2, -0.15) is 0 Å². The Kier molecular flexibility index (Phi) is 6.70. The van der Waals surface area contributed by atoms with Gasteiger partial charge in [0.25, 0.3) is 5.56 Å². The maximum atomic E-state index is 12.1. The maximum absolute atomic E-state index is 12.1. The predicted octanol–water partition coefficient (Wildman–Crippen LogP) is -2.37. The number of aliphatic hydroxyl groups excluding tert-OH is 1. The number of ether oxygens (including phenoxy) is 3.